The number of hydrogen-bond donors (Lipinski definition) is 2. The number of ether oxygens (including phenoxy) is 1. The zero-order chi connectivity index (χ0) is 17.6. The molecule has 1 aromatic rings. The molecular formula is C16H23Cl2NO4. The predicted octanol–water partition coefficient (Wildman–Crippen LogP) is 3.32. The summed E-state index contributed by atoms with van der Waals surface area (Å²) < 4.78 is 5.12. The van der Waals surface area contributed by atoms with Gasteiger partial charge in [0.2, 0.25) is 0 Å². The van der Waals surface area contributed by atoms with Crippen molar-refractivity contribution < 1.29 is 19.8 Å². The quantitative estimate of drug-likeness (QED) is 0.574. The van der Waals surface area contributed by atoms with E-state index < -0.39 is 17.7 Å². The van der Waals surface area contributed by atoms with E-state index in [-0.39, 0.29) is 19.5 Å². The van der Waals surface area contributed by atoms with E-state index in [2.05, 4.69) is 0 Å². The number of halogens is 2. The third kappa shape index (κ3) is 8.53. The van der Waals surface area contributed by atoms with Gasteiger partial charge in [0.1, 0.15) is 5.60 Å². The highest BCUT2D eigenvalue weighted by Gasteiger charge is 2.20. The Labute approximate surface area is 146 Å². The summed E-state index contributed by atoms with van der Waals surface area (Å²) in [6.45, 7) is 5.49. The van der Waals surface area contributed by atoms with Gasteiger partial charge in [0.05, 0.1) is 19.1 Å². The lowest BCUT2D eigenvalue weighted by molar-refractivity contribution is -0.160. The SMILES string of the molecule is CC(C)(C)OC(=O)CC(O)CN(O)CCc1ccc(Cl)cc1Cl. The monoisotopic (exact) mass is 363 g/mol. The first-order chi connectivity index (χ1) is 10.6. The van der Waals surface area contributed by atoms with Crippen LogP contribution in [0.3, 0.4) is 0 Å². The molecule has 0 saturated heterocycles. The summed E-state index contributed by atoms with van der Waals surface area (Å²) in [6.07, 6.45) is -0.683. The number of nitrogens with zero attached hydrogens (tertiary/aromatic N) is 1. The van der Waals surface area contributed by atoms with Gasteiger partial charge in [0, 0.05) is 16.6 Å². The summed E-state index contributed by atoms with van der Waals surface area (Å²) in [6, 6.07) is 5.15. The Bertz CT molecular complexity index is 531. The van der Waals surface area contributed by atoms with Gasteiger partial charge in [-0.25, -0.2) is 0 Å². The summed E-state index contributed by atoms with van der Waals surface area (Å²) >= 11 is 11.9. The largest absolute Gasteiger partial charge is 0.460 e. The number of hydroxylamine groups is 2. The number of carbonyl (C=O) groups is 1. The normalized spacial score (nSPS) is 13.2. The molecule has 7 heteroatoms. The Morgan fingerprint density at radius 3 is 2.57 bits per heavy atom. The fourth-order valence-corrected chi connectivity index (χ4v) is 2.45. The van der Waals surface area contributed by atoms with Gasteiger partial charge in [0.15, 0.2) is 0 Å². The molecule has 0 fully saturated rings. The van der Waals surface area contributed by atoms with Crippen molar-refractivity contribution in [3.63, 3.8) is 0 Å². The van der Waals surface area contributed by atoms with E-state index in [9.17, 15) is 15.1 Å². The number of hydrogen-bond acceptors (Lipinski definition) is 5. The molecule has 1 atom stereocenters. The van der Waals surface area contributed by atoms with Crippen molar-refractivity contribution >= 4 is 29.2 Å². The van der Waals surface area contributed by atoms with Crippen molar-refractivity contribution in [2.24, 2.45) is 0 Å². The molecule has 5 nitrogen and oxygen atoms in total. The number of benzene rings is 1. The highest BCUT2D eigenvalue weighted by atomic mass is 35.5. The van der Waals surface area contributed by atoms with Gasteiger partial charge in [-0.1, -0.05) is 29.3 Å². The molecule has 1 unspecified atom stereocenters. The topological polar surface area (TPSA) is 70.0 Å². The highest BCUT2D eigenvalue weighted by Crippen LogP contribution is 2.21. The summed E-state index contributed by atoms with van der Waals surface area (Å²) in [5.74, 6) is -0.501. The van der Waals surface area contributed by atoms with Gasteiger partial charge in [-0.05, 0) is 44.9 Å². The molecule has 0 bridgehead atoms. The molecular weight excluding hydrogens is 341 g/mol. The second kappa shape index (κ2) is 8.85. The average Bonchev–Trinajstić information content (AvgIpc) is 2.34. The van der Waals surface area contributed by atoms with E-state index in [1.165, 1.54) is 0 Å². The summed E-state index contributed by atoms with van der Waals surface area (Å²) in [5.41, 5.74) is 0.248. The predicted molar refractivity (Wildman–Crippen MR) is 90.0 cm³/mol. The smallest absolute Gasteiger partial charge is 0.308 e. The molecule has 0 amide bonds. The molecule has 0 radical (unpaired) electrons. The third-order valence-electron chi connectivity index (χ3n) is 2.90. The van der Waals surface area contributed by atoms with Gasteiger partial charge in [-0.2, -0.15) is 5.06 Å². The number of aliphatic hydroxyl groups is 1. The average molecular weight is 364 g/mol. The van der Waals surface area contributed by atoms with Crippen LogP contribution in [0.1, 0.15) is 32.8 Å². The number of esters is 1. The lowest BCUT2D eigenvalue weighted by Gasteiger charge is -2.22. The molecule has 0 spiro atoms. The zero-order valence-electron chi connectivity index (χ0n) is 13.6. The van der Waals surface area contributed by atoms with E-state index in [1.807, 2.05) is 0 Å². The maximum Gasteiger partial charge on any atom is 0.308 e. The van der Waals surface area contributed by atoms with Crippen molar-refractivity contribution in [2.75, 3.05) is 13.1 Å². The minimum atomic E-state index is -1.00. The van der Waals surface area contributed by atoms with Gasteiger partial charge in [0.25, 0.3) is 0 Å². The molecule has 1 aromatic carbocycles. The zero-order valence-corrected chi connectivity index (χ0v) is 15.1. The molecule has 130 valence electrons. The molecule has 23 heavy (non-hydrogen) atoms. The van der Waals surface area contributed by atoms with Crippen LogP contribution in [0.15, 0.2) is 18.2 Å². The van der Waals surface area contributed by atoms with Crippen molar-refractivity contribution in [3.8, 4) is 0 Å². The van der Waals surface area contributed by atoms with Crippen molar-refractivity contribution in [3.05, 3.63) is 33.8 Å². The first kappa shape index (κ1) is 20.2. The van der Waals surface area contributed by atoms with E-state index in [0.29, 0.717) is 16.5 Å². The van der Waals surface area contributed by atoms with Crippen LogP contribution in [0.5, 0.6) is 0 Å². The van der Waals surface area contributed by atoms with Crippen molar-refractivity contribution in [1.29, 1.82) is 0 Å². The summed E-state index contributed by atoms with van der Waals surface area (Å²) in [5, 5.41) is 21.7. The van der Waals surface area contributed by atoms with Crippen LogP contribution in [0.2, 0.25) is 10.0 Å². The van der Waals surface area contributed by atoms with Crippen LogP contribution in [0, 0.1) is 0 Å². The maximum atomic E-state index is 11.6. The van der Waals surface area contributed by atoms with Crippen LogP contribution >= 0.6 is 23.2 Å². The van der Waals surface area contributed by atoms with Crippen LogP contribution in [0.4, 0.5) is 0 Å². The third-order valence-corrected chi connectivity index (χ3v) is 3.49. The van der Waals surface area contributed by atoms with E-state index >= 15 is 0 Å². The van der Waals surface area contributed by atoms with Crippen LogP contribution in [-0.2, 0) is 16.0 Å². The van der Waals surface area contributed by atoms with Crippen molar-refractivity contribution in [2.45, 2.75) is 45.3 Å². The molecule has 0 aromatic heterocycles. The summed E-state index contributed by atoms with van der Waals surface area (Å²) in [7, 11) is 0. The standard InChI is InChI=1S/C16H23Cl2NO4/c1-16(2,3)23-15(21)9-13(20)10-19(22)7-6-11-4-5-12(17)8-14(11)18/h4-5,8,13,20,22H,6-7,9-10H2,1-3H3. The Balaban J connectivity index is 2.38. The summed E-state index contributed by atoms with van der Waals surface area (Å²) in [4.78, 5) is 11.6. The minimum Gasteiger partial charge on any atom is -0.460 e. The molecule has 0 aliphatic heterocycles. The van der Waals surface area contributed by atoms with Crippen LogP contribution in [-0.4, -0.2) is 46.1 Å². The maximum absolute atomic E-state index is 11.6. The van der Waals surface area contributed by atoms with Gasteiger partial charge in [-0.15, -0.1) is 0 Å². The molecule has 0 saturated carbocycles. The number of carbonyl (C=O) groups excluding carboxylic acids is 1. The number of rotatable bonds is 7. The van der Waals surface area contributed by atoms with Crippen LogP contribution < -0.4 is 0 Å². The highest BCUT2D eigenvalue weighted by molar-refractivity contribution is 6.35. The lowest BCUT2D eigenvalue weighted by atomic mass is 10.1. The Morgan fingerprint density at radius 2 is 2.00 bits per heavy atom. The molecule has 1 rings (SSSR count). The van der Waals surface area contributed by atoms with Gasteiger partial charge < -0.3 is 15.1 Å². The van der Waals surface area contributed by atoms with E-state index in [0.717, 1.165) is 10.6 Å². The molecule has 0 aliphatic rings. The molecule has 0 heterocycles. The fourth-order valence-electron chi connectivity index (χ4n) is 1.95. The van der Waals surface area contributed by atoms with Gasteiger partial charge >= 0.3 is 5.97 Å². The van der Waals surface area contributed by atoms with Crippen LogP contribution in [0.25, 0.3) is 0 Å². The Morgan fingerprint density at radius 1 is 1.35 bits per heavy atom. The molecule has 2 N–H and O–H groups in total. The van der Waals surface area contributed by atoms with E-state index in [4.69, 9.17) is 27.9 Å². The Kier molecular flexibility index (Phi) is 7.77. The first-order valence-electron chi connectivity index (χ1n) is 7.34. The molecule has 0 aliphatic carbocycles. The number of aliphatic hydroxyl groups excluding tert-OH is 1. The minimum absolute atomic E-state index is 0.0511. The first-order valence-corrected chi connectivity index (χ1v) is 8.10. The lowest BCUT2D eigenvalue weighted by Crippen LogP contribution is -2.34. The Hall–Kier alpha value is -0.850. The van der Waals surface area contributed by atoms with Crippen molar-refractivity contribution in [1.82, 2.24) is 5.06 Å². The van der Waals surface area contributed by atoms with Gasteiger partial charge in [-0.3, -0.25) is 4.79 Å². The second-order valence-corrected chi connectivity index (χ2v) is 7.19. The second-order valence-electron chi connectivity index (χ2n) is 6.34. The van der Waals surface area contributed by atoms with E-state index in [1.54, 1.807) is 39.0 Å². The fraction of sp³-hybridized carbons (Fsp3) is 0.562.